The molecule has 0 aliphatic heterocycles. The van der Waals surface area contributed by atoms with Crippen molar-refractivity contribution in [1.82, 2.24) is 20.5 Å². The Morgan fingerprint density at radius 1 is 1.12 bits per heavy atom. The molecule has 25 heavy (non-hydrogen) atoms. The van der Waals surface area contributed by atoms with Crippen LogP contribution >= 0.6 is 0 Å². The molecular formula is C19H21N5O. The van der Waals surface area contributed by atoms with Gasteiger partial charge >= 0.3 is 0 Å². The zero-order valence-electron chi connectivity index (χ0n) is 14.0. The number of rotatable bonds is 3. The molecule has 1 aliphatic rings. The standard InChI is InChI=1S/C19H21N5O/c20-14-8-13(10-21-11-14)12-6-7-17-16(9-12)18(24-23-17)19(25)22-15-4-2-1-3-5-15/h6-11,15H,1-5,20H2,(H,22,25)(H,23,24). The first kappa shape index (κ1) is 15.6. The van der Waals surface area contributed by atoms with E-state index in [-0.39, 0.29) is 11.9 Å². The monoisotopic (exact) mass is 335 g/mol. The molecular weight excluding hydrogens is 314 g/mol. The number of pyridine rings is 1. The molecule has 2 aromatic heterocycles. The lowest BCUT2D eigenvalue weighted by Gasteiger charge is -2.22. The first-order valence-corrected chi connectivity index (χ1v) is 8.70. The molecule has 0 bridgehead atoms. The third kappa shape index (κ3) is 3.20. The zero-order valence-corrected chi connectivity index (χ0v) is 14.0. The van der Waals surface area contributed by atoms with E-state index in [9.17, 15) is 4.79 Å². The summed E-state index contributed by atoms with van der Waals surface area (Å²) in [5.41, 5.74) is 9.60. The summed E-state index contributed by atoms with van der Waals surface area (Å²) < 4.78 is 0. The van der Waals surface area contributed by atoms with Crippen LogP contribution in [0.5, 0.6) is 0 Å². The van der Waals surface area contributed by atoms with Gasteiger partial charge in [-0.05, 0) is 36.6 Å². The van der Waals surface area contributed by atoms with Gasteiger partial charge in [0.15, 0.2) is 5.69 Å². The fraction of sp³-hybridized carbons (Fsp3) is 0.316. The summed E-state index contributed by atoms with van der Waals surface area (Å²) in [6.45, 7) is 0. The molecule has 0 radical (unpaired) electrons. The van der Waals surface area contributed by atoms with E-state index < -0.39 is 0 Å². The number of carbonyl (C=O) groups is 1. The van der Waals surface area contributed by atoms with Crippen molar-refractivity contribution in [3.63, 3.8) is 0 Å². The van der Waals surface area contributed by atoms with Gasteiger partial charge in [0.1, 0.15) is 0 Å². The number of hydrogen-bond donors (Lipinski definition) is 3. The molecule has 4 N–H and O–H groups in total. The first-order chi connectivity index (χ1) is 12.2. The molecule has 0 atom stereocenters. The number of aromatic amines is 1. The number of aromatic nitrogens is 3. The lowest BCUT2D eigenvalue weighted by atomic mass is 9.95. The number of anilines is 1. The van der Waals surface area contributed by atoms with E-state index in [0.29, 0.717) is 11.4 Å². The summed E-state index contributed by atoms with van der Waals surface area (Å²) in [7, 11) is 0. The Morgan fingerprint density at radius 2 is 1.96 bits per heavy atom. The topological polar surface area (TPSA) is 96.7 Å². The van der Waals surface area contributed by atoms with E-state index in [1.54, 1.807) is 12.4 Å². The number of fused-ring (bicyclic) bond motifs is 1. The number of nitrogen functional groups attached to an aromatic ring is 1. The van der Waals surface area contributed by atoms with Gasteiger partial charge in [-0.15, -0.1) is 0 Å². The van der Waals surface area contributed by atoms with Gasteiger partial charge in [-0.3, -0.25) is 14.9 Å². The largest absolute Gasteiger partial charge is 0.397 e. The van der Waals surface area contributed by atoms with Crippen LogP contribution in [0.3, 0.4) is 0 Å². The van der Waals surface area contributed by atoms with Crippen LogP contribution in [0.15, 0.2) is 36.7 Å². The summed E-state index contributed by atoms with van der Waals surface area (Å²) in [4.78, 5) is 16.8. The number of amides is 1. The van der Waals surface area contributed by atoms with E-state index in [1.165, 1.54) is 19.3 Å². The predicted octanol–water partition coefficient (Wildman–Crippen LogP) is 3.27. The van der Waals surface area contributed by atoms with Crippen molar-refractivity contribution >= 4 is 22.5 Å². The van der Waals surface area contributed by atoms with Gasteiger partial charge in [-0.2, -0.15) is 5.10 Å². The maximum Gasteiger partial charge on any atom is 0.272 e. The highest BCUT2D eigenvalue weighted by atomic mass is 16.2. The number of nitrogens with one attached hydrogen (secondary N) is 2. The highest BCUT2D eigenvalue weighted by Gasteiger charge is 2.20. The molecule has 6 nitrogen and oxygen atoms in total. The Hall–Kier alpha value is -2.89. The van der Waals surface area contributed by atoms with Crippen molar-refractivity contribution in [3.05, 3.63) is 42.4 Å². The third-order valence-corrected chi connectivity index (χ3v) is 4.81. The minimum atomic E-state index is -0.110. The lowest BCUT2D eigenvalue weighted by Crippen LogP contribution is -2.36. The van der Waals surface area contributed by atoms with Gasteiger partial charge in [0.2, 0.25) is 0 Å². The summed E-state index contributed by atoms with van der Waals surface area (Å²) in [6.07, 6.45) is 9.10. The van der Waals surface area contributed by atoms with Crippen molar-refractivity contribution in [2.24, 2.45) is 0 Å². The summed E-state index contributed by atoms with van der Waals surface area (Å²) in [5, 5.41) is 11.1. The average molecular weight is 335 g/mol. The Morgan fingerprint density at radius 3 is 2.76 bits per heavy atom. The minimum Gasteiger partial charge on any atom is -0.397 e. The quantitative estimate of drug-likeness (QED) is 0.684. The summed E-state index contributed by atoms with van der Waals surface area (Å²) >= 11 is 0. The maximum atomic E-state index is 12.7. The van der Waals surface area contributed by atoms with E-state index >= 15 is 0 Å². The Labute approximate surface area is 145 Å². The maximum absolute atomic E-state index is 12.7. The molecule has 1 fully saturated rings. The van der Waals surface area contributed by atoms with E-state index in [1.807, 2.05) is 24.3 Å². The normalized spacial score (nSPS) is 15.4. The Balaban J connectivity index is 1.65. The fourth-order valence-corrected chi connectivity index (χ4v) is 3.48. The molecule has 1 amide bonds. The van der Waals surface area contributed by atoms with Crippen LogP contribution in [-0.4, -0.2) is 27.1 Å². The molecule has 1 saturated carbocycles. The molecule has 128 valence electrons. The van der Waals surface area contributed by atoms with Crippen LogP contribution in [0.25, 0.3) is 22.0 Å². The SMILES string of the molecule is Nc1cncc(-c2ccc3[nH]nc(C(=O)NC4CCCCC4)c3c2)c1. The molecule has 3 aromatic rings. The zero-order chi connectivity index (χ0) is 17.2. The highest BCUT2D eigenvalue weighted by molar-refractivity contribution is 6.05. The van der Waals surface area contributed by atoms with Gasteiger partial charge in [-0.25, -0.2) is 0 Å². The predicted molar refractivity (Wildman–Crippen MR) is 98.1 cm³/mol. The van der Waals surface area contributed by atoms with Crippen molar-refractivity contribution in [2.45, 2.75) is 38.1 Å². The van der Waals surface area contributed by atoms with Gasteiger partial charge < -0.3 is 11.1 Å². The molecule has 0 saturated heterocycles. The smallest absolute Gasteiger partial charge is 0.272 e. The van der Waals surface area contributed by atoms with E-state index in [0.717, 1.165) is 34.9 Å². The summed E-state index contributed by atoms with van der Waals surface area (Å²) in [6, 6.07) is 7.99. The van der Waals surface area contributed by atoms with Gasteiger partial charge in [0.05, 0.1) is 11.2 Å². The van der Waals surface area contributed by atoms with Crippen LogP contribution in [0.2, 0.25) is 0 Å². The minimum absolute atomic E-state index is 0.110. The number of H-pyrrole nitrogens is 1. The fourth-order valence-electron chi connectivity index (χ4n) is 3.48. The highest BCUT2D eigenvalue weighted by Crippen LogP contribution is 2.26. The summed E-state index contributed by atoms with van der Waals surface area (Å²) in [5.74, 6) is -0.110. The molecule has 1 aromatic carbocycles. The molecule has 0 unspecified atom stereocenters. The first-order valence-electron chi connectivity index (χ1n) is 8.70. The van der Waals surface area contributed by atoms with Crippen LogP contribution in [0.4, 0.5) is 5.69 Å². The second kappa shape index (κ2) is 6.55. The van der Waals surface area contributed by atoms with Crippen LogP contribution < -0.4 is 11.1 Å². The van der Waals surface area contributed by atoms with E-state index in [4.69, 9.17) is 5.73 Å². The second-order valence-electron chi connectivity index (χ2n) is 6.65. The van der Waals surface area contributed by atoms with E-state index in [2.05, 4.69) is 20.5 Å². The second-order valence-corrected chi connectivity index (χ2v) is 6.65. The molecule has 4 rings (SSSR count). The molecule has 1 aliphatic carbocycles. The number of benzene rings is 1. The van der Waals surface area contributed by atoms with Crippen LogP contribution in [0.1, 0.15) is 42.6 Å². The van der Waals surface area contributed by atoms with Crippen LogP contribution in [-0.2, 0) is 0 Å². The molecule has 0 spiro atoms. The van der Waals surface area contributed by atoms with Crippen molar-refractivity contribution in [1.29, 1.82) is 0 Å². The van der Waals surface area contributed by atoms with Gasteiger partial charge in [0.25, 0.3) is 5.91 Å². The van der Waals surface area contributed by atoms with Crippen molar-refractivity contribution in [3.8, 4) is 11.1 Å². The number of carbonyl (C=O) groups excluding carboxylic acids is 1. The van der Waals surface area contributed by atoms with Crippen molar-refractivity contribution < 1.29 is 4.79 Å². The number of nitrogens with two attached hydrogens (primary N) is 1. The number of nitrogens with zero attached hydrogens (tertiary/aromatic N) is 2. The number of hydrogen-bond acceptors (Lipinski definition) is 4. The molecule has 6 heteroatoms. The Kier molecular flexibility index (Phi) is 4.09. The van der Waals surface area contributed by atoms with Crippen LogP contribution in [0, 0.1) is 0 Å². The molecule has 2 heterocycles. The van der Waals surface area contributed by atoms with Gasteiger partial charge in [-0.1, -0.05) is 25.3 Å². The lowest BCUT2D eigenvalue weighted by molar-refractivity contribution is 0.0924. The Bertz CT molecular complexity index is 911. The van der Waals surface area contributed by atoms with Gasteiger partial charge in [0, 0.05) is 29.4 Å². The average Bonchev–Trinajstić information content (AvgIpc) is 3.06. The third-order valence-electron chi connectivity index (χ3n) is 4.81. The van der Waals surface area contributed by atoms with Crippen molar-refractivity contribution in [2.75, 3.05) is 5.73 Å².